The molecule has 88 valence electrons. The maximum absolute atomic E-state index is 5.19. The van der Waals surface area contributed by atoms with Crippen LogP contribution >= 0.6 is 0 Å². The number of nitrogens with zero attached hydrogens (tertiary/aromatic N) is 1. The van der Waals surface area contributed by atoms with Gasteiger partial charge in [0, 0.05) is 24.3 Å². The summed E-state index contributed by atoms with van der Waals surface area (Å²) in [5.74, 6) is 0.700. The van der Waals surface area contributed by atoms with Crippen molar-refractivity contribution >= 4 is 0 Å². The summed E-state index contributed by atoms with van der Waals surface area (Å²) >= 11 is 0. The van der Waals surface area contributed by atoms with Gasteiger partial charge in [-0.3, -0.25) is 0 Å². The number of rotatable bonds is 7. The first kappa shape index (κ1) is 12.7. The SMILES string of the molecule is C=CCCC(C)NCc1cccnc1OC. The minimum atomic E-state index is 0.475. The van der Waals surface area contributed by atoms with Crippen molar-refractivity contribution in [3.8, 4) is 5.88 Å². The number of ether oxygens (including phenoxy) is 1. The highest BCUT2D eigenvalue weighted by Gasteiger charge is 2.05. The molecule has 1 unspecified atom stereocenters. The van der Waals surface area contributed by atoms with Gasteiger partial charge in [-0.15, -0.1) is 6.58 Å². The number of aromatic nitrogens is 1. The molecule has 3 heteroatoms. The van der Waals surface area contributed by atoms with Crippen molar-refractivity contribution in [2.45, 2.75) is 32.4 Å². The van der Waals surface area contributed by atoms with Gasteiger partial charge < -0.3 is 10.1 Å². The second-order valence-corrected chi connectivity index (χ2v) is 3.82. The molecule has 1 atom stereocenters. The fraction of sp³-hybridized carbons (Fsp3) is 0.462. The number of hydrogen-bond acceptors (Lipinski definition) is 3. The van der Waals surface area contributed by atoms with Crippen molar-refractivity contribution in [1.29, 1.82) is 0 Å². The highest BCUT2D eigenvalue weighted by molar-refractivity contribution is 5.25. The van der Waals surface area contributed by atoms with Crippen LogP contribution in [-0.2, 0) is 6.54 Å². The van der Waals surface area contributed by atoms with Crippen molar-refractivity contribution in [3.05, 3.63) is 36.5 Å². The molecule has 3 nitrogen and oxygen atoms in total. The van der Waals surface area contributed by atoms with E-state index in [2.05, 4.69) is 23.8 Å². The van der Waals surface area contributed by atoms with Gasteiger partial charge in [0.1, 0.15) is 0 Å². The fourth-order valence-electron chi connectivity index (χ4n) is 1.50. The summed E-state index contributed by atoms with van der Waals surface area (Å²) in [6.07, 6.45) is 5.83. The molecule has 0 fully saturated rings. The van der Waals surface area contributed by atoms with Crippen molar-refractivity contribution < 1.29 is 4.74 Å². The van der Waals surface area contributed by atoms with Crippen molar-refractivity contribution in [2.75, 3.05) is 7.11 Å². The van der Waals surface area contributed by atoms with Crippen LogP contribution in [0.1, 0.15) is 25.3 Å². The molecular formula is C13H20N2O. The largest absolute Gasteiger partial charge is 0.481 e. The van der Waals surface area contributed by atoms with Gasteiger partial charge in [-0.05, 0) is 25.8 Å². The Balaban J connectivity index is 2.44. The normalized spacial score (nSPS) is 12.1. The Bertz CT molecular complexity index is 325. The molecule has 0 aliphatic heterocycles. The van der Waals surface area contributed by atoms with E-state index in [-0.39, 0.29) is 0 Å². The Hall–Kier alpha value is -1.35. The van der Waals surface area contributed by atoms with E-state index in [0.717, 1.165) is 24.9 Å². The van der Waals surface area contributed by atoms with E-state index < -0.39 is 0 Å². The topological polar surface area (TPSA) is 34.2 Å². The highest BCUT2D eigenvalue weighted by atomic mass is 16.5. The molecule has 0 aromatic carbocycles. The van der Waals surface area contributed by atoms with Crippen LogP contribution in [0.2, 0.25) is 0 Å². The van der Waals surface area contributed by atoms with E-state index in [0.29, 0.717) is 11.9 Å². The van der Waals surface area contributed by atoms with E-state index in [9.17, 15) is 0 Å². The van der Waals surface area contributed by atoms with Crippen LogP contribution in [0.3, 0.4) is 0 Å². The predicted octanol–water partition coefficient (Wildman–Crippen LogP) is 2.53. The lowest BCUT2D eigenvalue weighted by Gasteiger charge is -2.13. The zero-order chi connectivity index (χ0) is 11.8. The van der Waals surface area contributed by atoms with Crippen LogP contribution < -0.4 is 10.1 Å². The third-order valence-corrected chi connectivity index (χ3v) is 2.49. The minimum absolute atomic E-state index is 0.475. The van der Waals surface area contributed by atoms with E-state index in [1.807, 2.05) is 18.2 Å². The second-order valence-electron chi connectivity index (χ2n) is 3.82. The summed E-state index contributed by atoms with van der Waals surface area (Å²) in [6, 6.07) is 4.43. The van der Waals surface area contributed by atoms with Crippen LogP contribution in [0.4, 0.5) is 0 Å². The molecule has 0 radical (unpaired) electrons. The zero-order valence-corrected chi connectivity index (χ0v) is 10.1. The van der Waals surface area contributed by atoms with Crippen LogP contribution in [0.15, 0.2) is 31.0 Å². The van der Waals surface area contributed by atoms with Gasteiger partial charge in [-0.2, -0.15) is 0 Å². The maximum atomic E-state index is 5.19. The van der Waals surface area contributed by atoms with Gasteiger partial charge in [0.2, 0.25) is 5.88 Å². The van der Waals surface area contributed by atoms with Gasteiger partial charge in [-0.1, -0.05) is 12.1 Å². The number of hydrogen-bond donors (Lipinski definition) is 1. The standard InChI is InChI=1S/C13H20N2O/c1-4-5-7-11(2)15-10-12-8-6-9-14-13(12)16-3/h4,6,8-9,11,15H,1,5,7,10H2,2-3H3. The Morgan fingerprint density at radius 1 is 1.62 bits per heavy atom. The summed E-state index contributed by atoms with van der Waals surface area (Å²) in [7, 11) is 1.65. The van der Waals surface area contributed by atoms with Crippen molar-refractivity contribution in [2.24, 2.45) is 0 Å². The molecule has 1 aromatic heterocycles. The predicted molar refractivity (Wildman–Crippen MR) is 66.5 cm³/mol. The van der Waals surface area contributed by atoms with Gasteiger partial charge in [0.25, 0.3) is 0 Å². The first-order valence-corrected chi connectivity index (χ1v) is 5.60. The van der Waals surface area contributed by atoms with Gasteiger partial charge in [0.05, 0.1) is 7.11 Å². The Kier molecular flexibility index (Phi) is 5.57. The Labute approximate surface area is 97.5 Å². The quantitative estimate of drug-likeness (QED) is 0.717. The molecule has 16 heavy (non-hydrogen) atoms. The third-order valence-electron chi connectivity index (χ3n) is 2.49. The molecule has 0 spiro atoms. The smallest absolute Gasteiger partial charge is 0.217 e. The summed E-state index contributed by atoms with van der Waals surface area (Å²) < 4.78 is 5.19. The average molecular weight is 220 g/mol. The van der Waals surface area contributed by atoms with E-state index in [1.54, 1.807) is 13.3 Å². The van der Waals surface area contributed by atoms with E-state index >= 15 is 0 Å². The molecule has 1 N–H and O–H groups in total. The van der Waals surface area contributed by atoms with Gasteiger partial charge in [0.15, 0.2) is 0 Å². The van der Waals surface area contributed by atoms with E-state index in [4.69, 9.17) is 4.74 Å². The number of nitrogens with one attached hydrogen (secondary N) is 1. The molecule has 0 amide bonds. The van der Waals surface area contributed by atoms with Crippen LogP contribution in [0.25, 0.3) is 0 Å². The monoisotopic (exact) mass is 220 g/mol. The Morgan fingerprint density at radius 2 is 2.44 bits per heavy atom. The summed E-state index contributed by atoms with van der Waals surface area (Å²) in [4.78, 5) is 4.16. The van der Waals surface area contributed by atoms with Crippen LogP contribution in [0, 0.1) is 0 Å². The Morgan fingerprint density at radius 3 is 3.12 bits per heavy atom. The molecule has 0 saturated heterocycles. The molecular weight excluding hydrogens is 200 g/mol. The number of pyridine rings is 1. The first-order chi connectivity index (χ1) is 7.77. The fourth-order valence-corrected chi connectivity index (χ4v) is 1.50. The second kappa shape index (κ2) is 7.01. The van der Waals surface area contributed by atoms with E-state index in [1.165, 1.54) is 0 Å². The summed E-state index contributed by atoms with van der Waals surface area (Å²) in [5, 5.41) is 3.44. The molecule has 1 heterocycles. The number of allylic oxidation sites excluding steroid dienone is 1. The van der Waals surface area contributed by atoms with Gasteiger partial charge >= 0.3 is 0 Å². The van der Waals surface area contributed by atoms with Crippen LogP contribution in [0.5, 0.6) is 5.88 Å². The maximum Gasteiger partial charge on any atom is 0.217 e. The lowest BCUT2D eigenvalue weighted by Crippen LogP contribution is -2.25. The highest BCUT2D eigenvalue weighted by Crippen LogP contribution is 2.13. The summed E-state index contributed by atoms with van der Waals surface area (Å²) in [6.45, 7) is 6.68. The first-order valence-electron chi connectivity index (χ1n) is 5.60. The van der Waals surface area contributed by atoms with Crippen molar-refractivity contribution in [3.63, 3.8) is 0 Å². The molecule has 0 aliphatic carbocycles. The average Bonchev–Trinajstić information content (AvgIpc) is 2.34. The molecule has 1 aromatic rings. The molecule has 0 saturated carbocycles. The van der Waals surface area contributed by atoms with Gasteiger partial charge in [-0.25, -0.2) is 4.98 Å². The third kappa shape index (κ3) is 4.03. The summed E-state index contributed by atoms with van der Waals surface area (Å²) in [5.41, 5.74) is 1.09. The molecule has 0 bridgehead atoms. The molecule has 1 rings (SSSR count). The number of methoxy groups -OCH3 is 1. The lowest BCUT2D eigenvalue weighted by atomic mass is 10.1. The lowest BCUT2D eigenvalue weighted by molar-refractivity contribution is 0.388. The zero-order valence-electron chi connectivity index (χ0n) is 10.1. The molecule has 0 aliphatic rings. The van der Waals surface area contributed by atoms with Crippen LogP contribution in [-0.4, -0.2) is 18.1 Å². The minimum Gasteiger partial charge on any atom is -0.481 e. The van der Waals surface area contributed by atoms with Crippen molar-refractivity contribution in [1.82, 2.24) is 10.3 Å².